The van der Waals surface area contributed by atoms with Crippen molar-refractivity contribution >= 4 is 0 Å². The minimum absolute atomic E-state index is 1.04. The fourth-order valence-corrected chi connectivity index (χ4v) is 1.98. The maximum atomic E-state index is 8.47. The number of aliphatic hydroxyl groups is 1. The summed E-state index contributed by atoms with van der Waals surface area (Å²) in [5.74, 6) is 0. The fourth-order valence-electron chi connectivity index (χ4n) is 1.98. The van der Waals surface area contributed by atoms with Crippen LogP contribution in [-0.2, 0) is 0 Å². The highest BCUT2D eigenvalue weighted by atomic mass is 16.2. The van der Waals surface area contributed by atoms with Crippen LogP contribution >= 0.6 is 0 Å². The van der Waals surface area contributed by atoms with Crippen molar-refractivity contribution in [2.24, 2.45) is 0 Å². The second-order valence-corrected chi connectivity index (χ2v) is 5.91. The van der Waals surface area contributed by atoms with Gasteiger partial charge in [-0.15, -0.1) is 12.8 Å². The van der Waals surface area contributed by atoms with Crippen LogP contribution in [0, 0.1) is 12.8 Å². The minimum atomic E-state index is 1.04. The molecule has 0 aromatic carbocycles. The Labute approximate surface area is 152 Å². The Balaban J connectivity index is -0.000000337. The zero-order valence-electron chi connectivity index (χ0n) is 16.9. The van der Waals surface area contributed by atoms with E-state index in [0.717, 1.165) is 25.5 Å². The van der Waals surface area contributed by atoms with Crippen LogP contribution in [0.15, 0.2) is 47.3 Å². The molecule has 0 atom stereocenters. The van der Waals surface area contributed by atoms with Crippen molar-refractivity contribution in [3.63, 3.8) is 0 Å². The Kier molecular flexibility index (Phi) is 26.7. The molecular weight excluding hydrogens is 292 g/mol. The number of rotatable bonds is 9. The van der Waals surface area contributed by atoms with Gasteiger partial charge in [-0.3, -0.25) is 0 Å². The lowest BCUT2D eigenvalue weighted by Crippen LogP contribution is -1.77. The van der Waals surface area contributed by atoms with Gasteiger partial charge in [0.25, 0.3) is 0 Å². The van der Waals surface area contributed by atoms with E-state index in [0.29, 0.717) is 0 Å². The SMILES string of the molecule is C#C.CC/C=C(\C=C\O)CCC.CCC/C=C(\C)CCC=C(C)C. The van der Waals surface area contributed by atoms with Crippen molar-refractivity contribution in [2.45, 2.75) is 86.5 Å². The van der Waals surface area contributed by atoms with Crippen molar-refractivity contribution in [3.05, 3.63) is 47.3 Å². The largest absolute Gasteiger partial charge is 0.516 e. The summed E-state index contributed by atoms with van der Waals surface area (Å²) in [5.41, 5.74) is 4.19. The van der Waals surface area contributed by atoms with E-state index in [-0.39, 0.29) is 0 Å². The van der Waals surface area contributed by atoms with E-state index >= 15 is 0 Å². The number of aliphatic hydroxyl groups excluding tert-OH is 1. The van der Waals surface area contributed by atoms with Gasteiger partial charge in [0.2, 0.25) is 0 Å². The third kappa shape index (κ3) is 25.3. The van der Waals surface area contributed by atoms with Crippen molar-refractivity contribution < 1.29 is 5.11 Å². The smallest absolute Gasteiger partial charge is 0.0794 e. The zero-order chi connectivity index (χ0) is 19.2. The van der Waals surface area contributed by atoms with Gasteiger partial charge < -0.3 is 5.11 Å². The van der Waals surface area contributed by atoms with E-state index in [1.165, 1.54) is 42.4 Å². The van der Waals surface area contributed by atoms with E-state index in [9.17, 15) is 0 Å². The second kappa shape index (κ2) is 23.6. The molecule has 0 rings (SSSR count). The summed E-state index contributed by atoms with van der Waals surface area (Å²) in [6, 6.07) is 0. The predicted octanol–water partition coefficient (Wildman–Crippen LogP) is 7.92. The van der Waals surface area contributed by atoms with E-state index in [2.05, 4.69) is 72.6 Å². The van der Waals surface area contributed by atoms with Crippen molar-refractivity contribution in [1.82, 2.24) is 0 Å². The van der Waals surface area contributed by atoms with E-state index in [1.54, 1.807) is 6.08 Å². The maximum absolute atomic E-state index is 8.47. The fraction of sp³-hybridized carbons (Fsp3) is 0.565. The normalized spacial score (nSPS) is 11.2. The third-order valence-electron chi connectivity index (χ3n) is 3.17. The van der Waals surface area contributed by atoms with Gasteiger partial charge in [0.1, 0.15) is 0 Å². The number of hydrogen-bond acceptors (Lipinski definition) is 1. The van der Waals surface area contributed by atoms with Crippen LogP contribution in [0.3, 0.4) is 0 Å². The average molecular weight is 333 g/mol. The molecule has 0 radical (unpaired) electrons. The van der Waals surface area contributed by atoms with Gasteiger partial charge in [0.05, 0.1) is 6.26 Å². The first-order valence-corrected chi connectivity index (χ1v) is 9.13. The summed E-state index contributed by atoms with van der Waals surface area (Å²) >= 11 is 0. The molecule has 0 amide bonds. The Morgan fingerprint density at radius 3 is 1.88 bits per heavy atom. The molecule has 0 saturated carbocycles. The Bertz CT molecular complexity index is 388. The summed E-state index contributed by atoms with van der Waals surface area (Å²) in [7, 11) is 0. The van der Waals surface area contributed by atoms with Gasteiger partial charge in [0, 0.05) is 0 Å². The first kappa shape index (κ1) is 27.2. The standard InChI is InChI=1S/C12H22.C9H16O.C2H2/c1-5-6-9-12(4)10-7-8-11(2)3;1-3-5-9(6-4-2)7-8-10;1-2/h8-9H,5-7,10H2,1-4H3;5,7-8,10H,3-4,6H2,1-2H3;1-2H/b12-9+;8-7+,9-5-;. The summed E-state index contributed by atoms with van der Waals surface area (Å²) in [6.45, 7) is 13.0. The van der Waals surface area contributed by atoms with Gasteiger partial charge in [0.15, 0.2) is 0 Å². The molecule has 0 saturated heterocycles. The topological polar surface area (TPSA) is 20.2 Å². The van der Waals surface area contributed by atoms with E-state index in [4.69, 9.17) is 5.11 Å². The van der Waals surface area contributed by atoms with E-state index in [1.807, 2.05) is 0 Å². The lowest BCUT2D eigenvalue weighted by Gasteiger charge is -1.97. The summed E-state index contributed by atoms with van der Waals surface area (Å²) in [4.78, 5) is 0. The molecule has 0 fully saturated rings. The highest BCUT2D eigenvalue weighted by Gasteiger charge is 1.88. The highest BCUT2D eigenvalue weighted by molar-refractivity contribution is 5.16. The minimum Gasteiger partial charge on any atom is -0.516 e. The first-order valence-electron chi connectivity index (χ1n) is 9.13. The third-order valence-corrected chi connectivity index (χ3v) is 3.17. The highest BCUT2D eigenvalue weighted by Crippen LogP contribution is 2.08. The van der Waals surface area contributed by atoms with Crippen molar-refractivity contribution in [3.8, 4) is 12.8 Å². The predicted molar refractivity (Wildman–Crippen MR) is 112 cm³/mol. The molecule has 138 valence electrons. The molecule has 0 aromatic heterocycles. The number of allylic oxidation sites excluding steroid dienone is 7. The molecule has 0 aromatic rings. The Morgan fingerprint density at radius 2 is 1.46 bits per heavy atom. The summed E-state index contributed by atoms with van der Waals surface area (Å²) in [6.07, 6.45) is 25.8. The summed E-state index contributed by atoms with van der Waals surface area (Å²) in [5, 5.41) is 8.47. The molecule has 24 heavy (non-hydrogen) atoms. The van der Waals surface area contributed by atoms with Crippen molar-refractivity contribution in [1.29, 1.82) is 0 Å². The van der Waals surface area contributed by atoms with Crippen LogP contribution in [0.1, 0.15) is 86.5 Å². The molecule has 1 N–H and O–H groups in total. The van der Waals surface area contributed by atoms with Crippen LogP contribution in [0.5, 0.6) is 0 Å². The molecule has 0 unspecified atom stereocenters. The van der Waals surface area contributed by atoms with Crippen molar-refractivity contribution in [2.75, 3.05) is 0 Å². The second-order valence-electron chi connectivity index (χ2n) is 5.91. The van der Waals surface area contributed by atoms with Gasteiger partial charge in [-0.25, -0.2) is 0 Å². The number of terminal acetylenes is 1. The molecule has 1 nitrogen and oxygen atoms in total. The molecular formula is C23H40O. The van der Waals surface area contributed by atoms with Gasteiger partial charge in [-0.1, -0.05) is 63.0 Å². The zero-order valence-corrected chi connectivity index (χ0v) is 16.9. The van der Waals surface area contributed by atoms with Gasteiger partial charge in [-0.2, -0.15) is 0 Å². The molecule has 0 aliphatic heterocycles. The van der Waals surface area contributed by atoms with Crippen LogP contribution < -0.4 is 0 Å². The van der Waals surface area contributed by atoms with E-state index < -0.39 is 0 Å². The number of hydrogen-bond donors (Lipinski definition) is 1. The maximum Gasteiger partial charge on any atom is 0.0794 e. The lowest BCUT2D eigenvalue weighted by molar-refractivity contribution is 0.473. The summed E-state index contributed by atoms with van der Waals surface area (Å²) < 4.78 is 0. The Morgan fingerprint density at radius 1 is 0.833 bits per heavy atom. The average Bonchev–Trinajstić information content (AvgIpc) is 2.56. The molecule has 0 aliphatic carbocycles. The quantitative estimate of drug-likeness (QED) is 0.197. The Hall–Kier alpha value is -1.68. The molecule has 0 heterocycles. The first-order chi connectivity index (χ1) is 11.5. The van der Waals surface area contributed by atoms with Crippen LogP contribution in [0.2, 0.25) is 0 Å². The molecule has 0 aliphatic rings. The van der Waals surface area contributed by atoms with Gasteiger partial charge in [-0.05, 0) is 64.5 Å². The monoisotopic (exact) mass is 332 g/mol. The van der Waals surface area contributed by atoms with Crippen LogP contribution in [0.4, 0.5) is 0 Å². The molecule has 0 spiro atoms. The van der Waals surface area contributed by atoms with Gasteiger partial charge >= 0.3 is 0 Å². The number of unbranched alkanes of at least 4 members (excludes halogenated alkanes) is 1. The van der Waals surface area contributed by atoms with Crippen LogP contribution in [0.25, 0.3) is 0 Å². The van der Waals surface area contributed by atoms with Crippen LogP contribution in [-0.4, -0.2) is 5.11 Å². The lowest BCUT2D eigenvalue weighted by atomic mass is 10.1. The molecule has 1 heteroatoms. The molecule has 0 bridgehead atoms.